The van der Waals surface area contributed by atoms with Crippen molar-refractivity contribution in [3.63, 3.8) is 0 Å². The van der Waals surface area contributed by atoms with E-state index in [1.54, 1.807) is 16.7 Å². The molecule has 4 rings (SSSR count). The average molecular weight is 610 g/mol. The molecule has 3 heterocycles. The van der Waals surface area contributed by atoms with Crippen LogP contribution in [0.5, 0.6) is 0 Å². The molecule has 5 atom stereocenters. The van der Waals surface area contributed by atoms with E-state index in [1.165, 1.54) is 6.42 Å². The third-order valence-electron chi connectivity index (χ3n) is 9.36. The first kappa shape index (κ1) is 33.3. The minimum absolute atomic E-state index is 0.160. The summed E-state index contributed by atoms with van der Waals surface area (Å²) < 4.78 is 1.64. The van der Waals surface area contributed by atoms with Gasteiger partial charge in [-0.1, -0.05) is 83.9 Å². The van der Waals surface area contributed by atoms with E-state index in [4.69, 9.17) is 4.84 Å². The predicted octanol–water partition coefficient (Wildman–Crippen LogP) is 3.89. The SMILES string of the molecule is CCCCCCCC[C@@H]1NC(=O)[C@H]2CCCCN2C(=O)[C@H](C(C)CC)NC(=O)[C@H](Cc2cn(OC)c3ccccc23)NC1=O. The summed E-state index contributed by atoms with van der Waals surface area (Å²) in [5.41, 5.74) is 1.68. The molecule has 44 heavy (non-hydrogen) atoms. The van der Waals surface area contributed by atoms with Gasteiger partial charge >= 0.3 is 0 Å². The van der Waals surface area contributed by atoms with Crippen LogP contribution in [-0.4, -0.2) is 71.1 Å². The third kappa shape index (κ3) is 7.93. The largest absolute Gasteiger partial charge is 0.417 e. The molecule has 2 fully saturated rings. The van der Waals surface area contributed by atoms with Gasteiger partial charge in [0.25, 0.3) is 0 Å². The Morgan fingerprint density at radius 2 is 1.59 bits per heavy atom. The Kier molecular flexibility index (Phi) is 12.1. The Morgan fingerprint density at radius 3 is 2.34 bits per heavy atom. The van der Waals surface area contributed by atoms with Crippen molar-refractivity contribution in [1.82, 2.24) is 25.6 Å². The maximum absolute atomic E-state index is 14.0. The zero-order valence-electron chi connectivity index (χ0n) is 26.9. The molecule has 0 radical (unpaired) electrons. The number of unbranched alkanes of at least 4 members (excludes halogenated alkanes) is 5. The summed E-state index contributed by atoms with van der Waals surface area (Å²) in [5.74, 6) is -1.48. The zero-order chi connectivity index (χ0) is 31.6. The standard InChI is InChI=1S/C34H51N5O5/c1-5-7-8-9-10-11-17-26-31(40)36-27(21-24-22-39(44-4)28-18-13-12-16-25(24)28)32(41)37-30(23(3)6-2)34(43)38-20-15-14-19-29(38)33(42)35-26/h12-13,16,18,22-23,26-27,29-30H,5-11,14-15,17,19-21H2,1-4H3,(H,35,42)(H,36,40)(H,37,41)/t23?,26-,27-,29+,30-/m0/s1. The van der Waals surface area contributed by atoms with Crippen molar-refractivity contribution in [2.45, 2.75) is 122 Å². The molecule has 1 aromatic heterocycles. The monoisotopic (exact) mass is 609 g/mol. The van der Waals surface area contributed by atoms with Gasteiger partial charge in [0.2, 0.25) is 23.6 Å². The van der Waals surface area contributed by atoms with E-state index in [0.29, 0.717) is 25.8 Å². The second-order valence-electron chi connectivity index (χ2n) is 12.5. The molecule has 10 nitrogen and oxygen atoms in total. The summed E-state index contributed by atoms with van der Waals surface area (Å²) >= 11 is 0. The highest BCUT2D eigenvalue weighted by atomic mass is 16.6. The van der Waals surface area contributed by atoms with Crippen molar-refractivity contribution < 1.29 is 24.0 Å². The van der Waals surface area contributed by atoms with Gasteiger partial charge in [0, 0.05) is 24.5 Å². The summed E-state index contributed by atoms with van der Waals surface area (Å²) in [4.78, 5) is 62.8. The van der Waals surface area contributed by atoms with Gasteiger partial charge in [0.05, 0.1) is 5.52 Å². The molecule has 242 valence electrons. The fourth-order valence-electron chi connectivity index (χ4n) is 6.48. The van der Waals surface area contributed by atoms with E-state index in [9.17, 15) is 19.2 Å². The first-order chi connectivity index (χ1) is 21.3. The lowest BCUT2D eigenvalue weighted by molar-refractivity contribution is -0.147. The van der Waals surface area contributed by atoms with Crippen LogP contribution in [0.15, 0.2) is 30.5 Å². The predicted molar refractivity (Wildman–Crippen MR) is 171 cm³/mol. The number of para-hydroxylation sites is 1. The third-order valence-corrected chi connectivity index (χ3v) is 9.36. The molecule has 3 N–H and O–H groups in total. The molecular formula is C34H51N5O5. The van der Waals surface area contributed by atoms with Crippen LogP contribution in [0, 0.1) is 5.92 Å². The van der Waals surface area contributed by atoms with Crippen LogP contribution in [-0.2, 0) is 25.6 Å². The Bertz CT molecular complexity index is 1290. The number of rotatable bonds is 12. The van der Waals surface area contributed by atoms with E-state index in [2.05, 4.69) is 22.9 Å². The lowest BCUT2D eigenvalue weighted by Crippen LogP contribution is -2.64. The smallest absolute Gasteiger partial charge is 0.246 e. The van der Waals surface area contributed by atoms with Crippen molar-refractivity contribution >= 4 is 34.5 Å². The number of carbonyl (C=O) groups excluding carboxylic acids is 4. The summed E-state index contributed by atoms with van der Waals surface area (Å²) in [7, 11) is 1.58. The number of hydrogen-bond donors (Lipinski definition) is 3. The van der Waals surface area contributed by atoms with Crippen LogP contribution in [0.4, 0.5) is 0 Å². The molecule has 2 aliphatic rings. The number of hydrogen-bond acceptors (Lipinski definition) is 5. The molecule has 0 saturated carbocycles. The summed E-state index contributed by atoms with van der Waals surface area (Å²) in [6.07, 6.45) is 11.6. The highest BCUT2D eigenvalue weighted by molar-refractivity contribution is 5.98. The Hall–Kier alpha value is -3.56. The van der Waals surface area contributed by atoms with Gasteiger partial charge in [0.1, 0.15) is 31.3 Å². The van der Waals surface area contributed by atoms with Gasteiger partial charge in [-0.3, -0.25) is 19.2 Å². The van der Waals surface area contributed by atoms with Gasteiger partial charge in [0.15, 0.2) is 0 Å². The molecule has 1 aromatic carbocycles. The van der Waals surface area contributed by atoms with Crippen molar-refractivity contribution in [3.8, 4) is 0 Å². The number of nitrogens with zero attached hydrogens (tertiary/aromatic N) is 2. The highest BCUT2D eigenvalue weighted by Gasteiger charge is 2.40. The van der Waals surface area contributed by atoms with Crippen LogP contribution in [0.2, 0.25) is 0 Å². The molecule has 2 aliphatic heterocycles. The second-order valence-corrected chi connectivity index (χ2v) is 12.5. The molecule has 2 saturated heterocycles. The molecule has 1 unspecified atom stereocenters. The molecule has 4 amide bonds. The maximum Gasteiger partial charge on any atom is 0.246 e. The van der Waals surface area contributed by atoms with E-state index in [-0.39, 0.29) is 30.1 Å². The quantitative estimate of drug-likeness (QED) is 0.315. The lowest BCUT2D eigenvalue weighted by atomic mass is 9.93. The number of amides is 4. The normalized spacial score (nSPS) is 24.0. The molecule has 0 bridgehead atoms. The van der Waals surface area contributed by atoms with Crippen LogP contribution < -0.4 is 20.8 Å². The minimum atomic E-state index is -0.960. The number of nitrogens with one attached hydrogen (secondary N) is 3. The summed E-state index contributed by atoms with van der Waals surface area (Å²) in [5, 5.41) is 9.91. The Labute approximate surface area is 261 Å². The first-order valence-electron chi connectivity index (χ1n) is 16.6. The second kappa shape index (κ2) is 16.0. The van der Waals surface area contributed by atoms with Gasteiger partial charge < -0.3 is 25.7 Å². The molecule has 0 spiro atoms. The van der Waals surface area contributed by atoms with Crippen molar-refractivity contribution in [2.24, 2.45) is 5.92 Å². The fraction of sp³-hybridized carbons (Fsp3) is 0.647. The maximum atomic E-state index is 14.0. The van der Waals surface area contributed by atoms with Crippen molar-refractivity contribution in [3.05, 3.63) is 36.0 Å². The molecule has 2 aromatic rings. The fourth-order valence-corrected chi connectivity index (χ4v) is 6.48. The molecule has 10 heteroatoms. The van der Waals surface area contributed by atoms with Crippen LogP contribution in [0.25, 0.3) is 10.9 Å². The van der Waals surface area contributed by atoms with Crippen LogP contribution in [0.1, 0.15) is 97.0 Å². The first-order valence-corrected chi connectivity index (χ1v) is 16.6. The number of carbonyl (C=O) groups is 4. The van der Waals surface area contributed by atoms with Gasteiger partial charge in [-0.25, -0.2) is 0 Å². The topological polar surface area (TPSA) is 122 Å². The summed E-state index contributed by atoms with van der Waals surface area (Å²) in [6.45, 7) is 6.54. The molecule has 0 aliphatic carbocycles. The minimum Gasteiger partial charge on any atom is -0.417 e. The van der Waals surface area contributed by atoms with Crippen molar-refractivity contribution in [1.29, 1.82) is 0 Å². The Morgan fingerprint density at radius 1 is 0.886 bits per heavy atom. The van der Waals surface area contributed by atoms with E-state index < -0.39 is 30.1 Å². The summed E-state index contributed by atoms with van der Waals surface area (Å²) in [6, 6.07) is 4.50. The number of fused-ring (bicyclic) bond motifs is 2. The van der Waals surface area contributed by atoms with E-state index in [1.807, 2.05) is 44.3 Å². The van der Waals surface area contributed by atoms with Crippen LogP contribution in [0.3, 0.4) is 0 Å². The van der Waals surface area contributed by atoms with Gasteiger partial charge in [-0.05, 0) is 43.2 Å². The van der Waals surface area contributed by atoms with Crippen molar-refractivity contribution in [2.75, 3.05) is 13.7 Å². The van der Waals surface area contributed by atoms with Gasteiger partial charge in [-0.15, -0.1) is 0 Å². The van der Waals surface area contributed by atoms with E-state index >= 15 is 0 Å². The van der Waals surface area contributed by atoms with Gasteiger partial charge in [-0.2, -0.15) is 4.73 Å². The lowest BCUT2D eigenvalue weighted by Gasteiger charge is -2.39. The number of piperidine rings is 1. The Balaban J connectivity index is 1.67. The zero-order valence-corrected chi connectivity index (χ0v) is 26.9. The average Bonchev–Trinajstić information content (AvgIpc) is 3.40. The van der Waals surface area contributed by atoms with Crippen LogP contribution >= 0.6 is 0 Å². The highest BCUT2D eigenvalue weighted by Crippen LogP contribution is 2.24. The number of aromatic nitrogens is 1. The van der Waals surface area contributed by atoms with E-state index in [0.717, 1.165) is 61.4 Å². The molecular weight excluding hydrogens is 558 g/mol. The number of benzene rings is 1.